The van der Waals surface area contributed by atoms with E-state index >= 15 is 0 Å². The molecule has 3 rings (SSSR count). The van der Waals surface area contributed by atoms with E-state index in [2.05, 4.69) is 29.5 Å². The van der Waals surface area contributed by atoms with Gasteiger partial charge in [-0.15, -0.1) is 5.10 Å². The standard InChI is InChI=1S/C19H25ClN4O2/c1-13(2)18-12-26-11-17-10-24(23-22-17)8-7-15(19(25)21-18)9-14-3-5-16(20)6-4-14/h3-6,10,13,15,18H,7-9,11-12H2,1-2H3,(H,21,25)/t15-,18+/m0/s1. The van der Waals surface area contributed by atoms with Gasteiger partial charge < -0.3 is 10.1 Å². The van der Waals surface area contributed by atoms with E-state index in [9.17, 15) is 4.79 Å². The van der Waals surface area contributed by atoms with Gasteiger partial charge in [-0.1, -0.05) is 42.8 Å². The molecule has 26 heavy (non-hydrogen) atoms. The van der Waals surface area contributed by atoms with E-state index in [1.165, 1.54) is 0 Å². The molecule has 1 aliphatic rings. The fourth-order valence-electron chi connectivity index (χ4n) is 3.02. The number of nitrogens with one attached hydrogen (secondary N) is 1. The summed E-state index contributed by atoms with van der Waals surface area (Å²) in [4.78, 5) is 12.9. The van der Waals surface area contributed by atoms with Crippen LogP contribution >= 0.6 is 11.6 Å². The minimum absolute atomic E-state index is 0.0234. The van der Waals surface area contributed by atoms with E-state index in [1.54, 1.807) is 4.68 Å². The first-order valence-corrected chi connectivity index (χ1v) is 9.40. The molecule has 2 bridgehead atoms. The SMILES string of the molecule is CC(C)[C@H]1COCc2cn(nn2)CC[C@@H](Cc2ccc(Cl)cc2)C(=O)N1. The van der Waals surface area contributed by atoms with E-state index < -0.39 is 0 Å². The van der Waals surface area contributed by atoms with Crippen molar-refractivity contribution in [1.29, 1.82) is 0 Å². The summed E-state index contributed by atoms with van der Waals surface area (Å²) in [6.07, 6.45) is 3.25. The summed E-state index contributed by atoms with van der Waals surface area (Å²) >= 11 is 5.97. The first kappa shape index (κ1) is 18.9. The van der Waals surface area contributed by atoms with Gasteiger partial charge in [0.15, 0.2) is 0 Å². The van der Waals surface area contributed by atoms with Crippen molar-refractivity contribution in [2.45, 2.75) is 45.9 Å². The Balaban J connectivity index is 1.79. The van der Waals surface area contributed by atoms with Crippen LogP contribution in [0.2, 0.25) is 5.02 Å². The minimum Gasteiger partial charge on any atom is -0.373 e. The lowest BCUT2D eigenvalue weighted by Crippen LogP contribution is -2.45. The number of hydrogen-bond acceptors (Lipinski definition) is 4. The molecular weight excluding hydrogens is 352 g/mol. The average Bonchev–Trinajstić information content (AvgIpc) is 3.06. The predicted octanol–water partition coefficient (Wildman–Crippen LogP) is 2.85. The second kappa shape index (κ2) is 8.64. The van der Waals surface area contributed by atoms with Crippen molar-refractivity contribution in [3.63, 3.8) is 0 Å². The maximum absolute atomic E-state index is 12.9. The smallest absolute Gasteiger partial charge is 0.223 e. The summed E-state index contributed by atoms with van der Waals surface area (Å²) in [7, 11) is 0. The third-order valence-electron chi connectivity index (χ3n) is 4.74. The topological polar surface area (TPSA) is 69.0 Å². The third-order valence-corrected chi connectivity index (χ3v) is 4.99. The monoisotopic (exact) mass is 376 g/mol. The van der Waals surface area contributed by atoms with Crippen molar-refractivity contribution < 1.29 is 9.53 Å². The Bertz CT molecular complexity index is 729. The summed E-state index contributed by atoms with van der Waals surface area (Å²) in [6, 6.07) is 7.65. The van der Waals surface area contributed by atoms with Crippen molar-refractivity contribution in [3.8, 4) is 0 Å². The first-order chi connectivity index (χ1) is 12.5. The Morgan fingerprint density at radius 2 is 2.12 bits per heavy atom. The summed E-state index contributed by atoms with van der Waals surface area (Å²) in [6.45, 7) is 5.69. The number of halogens is 1. The Hall–Kier alpha value is -1.92. The van der Waals surface area contributed by atoms with Crippen LogP contribution < -0.4 is 5.32 Å². The van der Waals surface area contributed by atoms with Gasteiger partial charge >= 0.3 is 0 Å². The van der Waals surface area contributed by atoms with Crippen LogP contribution in [-0.2, 0) is 29.1 Å². The number of benzene rings is 1. The number of fused-ring (bicyclic) bond motifs is 2. The van der Waals surface area contributed by atoms with E-state index in [0.717, 1.165) is 11.3 Å². The van der Waals surface area contributed by atoms with Crippen molar-refractivity contribution in [3.05, 3.63) is 46.7 Å². The van der Waals surface area contributed by atoms with Gasteiger partial charge in [0.05, 0.1) is 25.5 Å². The minimum atomic E-state index is -0.149. The zero-order chi connectivity index (χ0) is 18.5. The molecule has 0 saturated heterocycles. The second-order valence-corrected chi connectivity index (χ2v) is 7.60. The highest BCUT2D eigenvalue weighted by atomic mass is 35.5. The Morgan fingerprint density at radius 1 is 1.35 bits per heavy atom. The molecule has 1 amide bonds. The number of carbonyl (C=O) groups is 1. The van der Waals surface area contributed by atoms with Gasteiger partial charge in [-0.05, 0) is 36.5 Å². The van der Waals surface area contributed by atoms with Crippen molar-refractivity contribution in [2.24, 2.45) is 11.8 Å². The first-order valence-electron chi connectivity index (χ1n) is 9.03. The summed E-state index contributed by atoms with van der Waals surface area (Å²) in [5.41, 5.74) is 1.91. The van der Waals surface area contributed by atoms with Crippen LogP contribution in [0.15, 0.2) is 30.5 Å². The van der Waals surface area contributed by atoms with Crippen LogP contribution in [-0.4, -0.2) is 33.5 Å². The molecule has 1 N–H and O–H groups in total. The van der Waals surface area contributed by atoms with Gasteiger partial charge in [0.2, 0.25) is 5.91 Å². The van der Waals surface area contributed by atoms with Crippen LogP contribution in [0, 0.1) is 11.8 Å². The Kier molecular flexibility index (Phi) is 6.27. The van der Waals surface area contributed by atoms with E-state index in [4.69, 9.17) is 16.3 Å². The molecular formula is C19H25ClN4O2. The van der Waals surface area contributed by atoms with Gasteiger partial charge in [-0.3, -0.25) is 9.48 Å². The van der Waals surface area contributed by atoms with Crippen LogP contribution in [0.1, 0.15) is 31.5 Å². The Labute approximate surface area is 158 Å². The molecule has 140 valence electrons. The van der Waals surface area contributed by atoms with E-state index in [0.29, 0.717) is 37.6 Å². The molecule has 2 heterocycles. The molecule has 0 spiro atoms. The molecule has 0 unspecified atom stereocenters. The number of nitrogens with zero attached hydrogens (tertiary/aromatic N) is 3. The molecule has 0 radical (unpaired) electrons. The number of ether oxygens (including phenoxy) is 1. The Morgan fingerprint density at radius 3 is 2.85 bits per heavy atom. The highest BCUT2D eigenvalue weighted by Crippen LogP contribution is 2.18. The van der Waals surface area contributed by atoms with Crippen LogP contribution in [0.4, 0.5) is 0 Å². The number of amides is 1. The summed E-state index contributed by atoms with van der Waals surface area (Å²) in [5, 5.41) is 12.1. The van der Waals surface area contributed by atoms with Gasteiger partial charge in [-0.25, -0.2) is 0 Å². The molecule has 2 aromatic rings. The zero-order valence-electron chi connectivity index (χ0n) is 15.2. The predicted molar refractivity (Wildman–Crippen MR) is 99.7 cm³/mol. The highest BCUT2D eigenvalue weighted by Gasteiger charge is 2.24. The number of rotatable bonds is 3. The largest absolute Gasteiger partial charge is 0.373 e. The second-order valence-electron chi connectivity index (χ2n) is 7.16. The van der Waals surface area contributed by atoms with Crippen molar-refractivity contribution in [2.75, 3.05) is 6.61 Å². The van der Waals surface area contributed by atoms with E-state index in [-0.39, 0.29) is 23.8 Å². The molecule has 1 aromatic carbocycles. The highest BCUT2D eigenvalue weighted by molar-refractivity contribution is 6.30. The van der Waals surface area contributed by atoms with Crippen LogP contribution in [0.3, 0.4) is 0 Å². The lowest BCUT2D eigenvalue weighted by Gasteiger charge is -2.26. The van der Waals surface area contributed by atoms with Gasteiger partial charge in [0.1, 0.15) is 5.69 Å². The van der Waals surface area contributed by atoms with Crippen molar-refractivity contribution >= 4 is 17.5 Å². The molecule has 1 aromatic heterocycles. The summed E-state index contributed by atoms with van der Waals surface area (Å²) < 4.78 is 7.53. The number of aromatic nitrogens is 3. The summed E-state index contributed by atoms with van der Waals surface area (Å²) in [5.74, 6) is 0.196. The molecule has 7 heteroatoms. The fraction of sp³-hybridized carbons (Fsp3) is 0.526. The molecule has 0 saturated carbocycles. The maximum Gasteiger partial charge on any atom is 0.223 e. The average molecular weight is 377 g/mol. The zero-order valence-corrected chi connectivity index (χ0v) is 15.9. The van der Waals surface area contributed by atoms with Gasteiger partial charge in [-0.2, -0.15) is 0 Å². The molecule has 2 atom stereocenters. The quantitative estimate of drug-likeness (QED) is 0.894. The molecule has 0 fully saturated rings. The lowest BCUT2D eigenvalue weighted by atomic mass is 9.94. The normalized spacial score (nSPS) is 21.8. The van der Waals surface area contributed by atoms with Crippen LogP contribution in [0.25, 0.3) is 0 Å². The lowest BCUT2D eigenvalue weighted by molar-refractivity contribution is -0.127. The van der Waals surface area contributed by atoms with Crippen molar-refractivity contribution in [1.82, 2.24) is 20.3 Å². The van der Waals surface area contributed by atoms with E-state index in [1.807, 2.05) is 30.5 Å². The molecule has 6 nitrogen and oxygen atoms in total. The number of carbonyl (C=O) groups excluding carboxylic acids is 1. The number of aryl methyl sites for hydroxylation is 1. The van der Waals surface area contributed by atoms with Gasteiger partial charge in [0.25, 0.3) is 0 Å². The van der Waals surface area contributed by atoms with Crippen LogP contribution in [0.5, 0.6) is 0 Å². The fourth-order valence-corrected chi connectivity index (χ4v) is 3.15. The third kappa shape index (κ3) is 5.05. The van der Waals surface area contributed by atoms with Gasteiger partial charge in [0, 0.05) is 17.5 Å². The molecule has 0 aliphatic carbocycles. The number of hydrogen-bond donors (Lipinski definition) is 1. The maximum atomic E-state index is 12.9. The molecule has 1 aliphatic heterocycles.